The first-order valence-corrected chi connectivity index (χ1v) is 5.65. The van der Waals surface area contributed by atoms with Gasteiger partial charge in [0.1, 0.15) is 5.57 Å². The van der Waals surface area contributed by atoms with Crippen molar-refractivity contribution in [2.24, 2.45) is 21.8 Å². The van der Waals surface area contributed by atoms with E-state index in [2.05, 4.69) is 9.98 Å². The van der Waals surface area contributed by atoms with Crippen molar-refractivity contribution in [1.29, 1.82) is 0 Å². The number of Topliss-reactive ketones (excluding diaryl/α,β-unsaturated/α-hetero) is 1. The Balaban J connectivity index is 2.10. The van der Waals surface area contributed by atoms with Gasteiger partial charge in [-0.2, -0.15) is 0 Å². The second-order valence-electron chi connectivity index (χ2n) is 4.33. The van der Waals surface area contributed by atoms with Gasteiger partial charge in [0.15, 0.2) is 5.78 Å². The molecular weight excluding hydrogens is 232 g/mol. The fraction of sp³-hybridized carbons (Fsp3) is 0.231. The van der Waals surface area contributed by atoms with E-state index in [1.165, 1.54) is 0 Å². The normalized spacial score (nSPS) is 28.9. The summed E-state index contributed by atoms with van der Waals surface area (Å²) in [6.07, 6.45) is 9.28. The second kappa shape index (κ2) is 3.87. The number of fused-ring (bicyclic) bond motifs is 3. The molecule has 0 unspecified atom stereocenters. The Kier molecular flexibility index (Phi) is 2.33. The molecule has 1 N–H and O–H groups in total. The lowest BCUT2D eigenvalue weighted by Gasteiger charge is -2.28. The summed E-state index contributed by atoms with van der Waals surface area (Å²) in [5.74, 6) is -2.09. The van der Waals surface area contributed by atoms with E-state index in [0.29, 0.717) is 5.71 Å². The number of hydrogen-bond acceptors (Lipinski definition) is 4. The SMILES string of the molecule is O=C(O)C1=CN=C2C3=NC=CC[C@H]3C=C[C@H]2C1=O. The molecule has 0 aromatic carbocycles. The molecular formula is C13H10N2O3. The first-order valence-electron chi connectivity index (χ1n) is 5.65. The van der Waals surface area contributed by atoms with Crippen LogP contribution in [0.25, 0.3) is 0 Å². The predicted octanol–water partition coefficient (Wildman–Crippen LogP) is 1.14. The maximum atomic E-state index is 12.0. The van der Waals surface area contributed by atoms with E-state index < -0.39 is 17.7 Å². The van der Waals surface area contributed by atoms with Gasteiger partial charge in [-0.15, -0.1) is 0 Å². The number of carboxylic acid groups (broad SMARTS) is 1. The molecule has 0 radical (unpaired) electrons. The summed E-state index contributed by atoms with van der Waals surface area (Å²) in [6.45, 7) is 0. The van der Waals surface area contributed by atoms with Gasteiger partial charge in [-0.05, 0) is 6.42 Å². The molecule has 0 fully saturated rings. The van der Waals surface area contributed by atoms with Crippen LogP contribution < -0.4 is 0 Å². The van der Waals surface area contributed by atoms with Gasteiger partial charge in [0.25, 0.3) is 0 Å². The predicted molar refractivity (Wildman–Crippen MR) is 65.5 cm³/mol. The first-order chi connectivity index (χ1) is 8.68. The summed E-state index contributed by atoms with van der Waals surface area (Å²) in [7, 11) is 0. The van der Waals surface area contributed by atoms with Crippen LogP contribution in [-0.4, -0.2) is 28.3 Å². The number of allylic oxidation sites excluding steroid dienone is 3. The van der Waals surface area contributed by atoms with Crippen LogP contribution in [0.2, 0.25) is 0 Å². The van der Waals surface area contributed by atoms with Crippen LogP contribution in [0, 0.1) is 11.8 Å². The lowest BCUT2D eigenvalue weighted by Crippen LogP contribution is -2.40. The van der Waals surface area contributed by atoms with E-state index in [-0.39, 0.29) is 11.5 Å². The Bertz CT molecular complexity index is 593. The smallest absolute Gasteiger partial charge is 0.340 e. The van der Waals surface area contributed by atoms with Crippen LogP contribution in [0.4, 0.5) is 0 Å². The van der Waals surface area contributed by atoms with Gasteiger partial charge in [0.05, 0.1) is 17.3 Å². The number of carboxylic acids is 1. The van der Waals surface area contributed by atoms with Crippen LogP contribution in [-0.2, 0) is 9.59 Å². The molecule has 0 saturated heterocycles. The summed E-state index contributed by atoms with van der Waals surface area (Å²) in [4.78, 5) is 31.3. The molecule has 2 heterocycles. The van der Waals surface area contributed by atoms with Gasteiger partial charge in [0, 0.05) is 18.3 Å². The van der Waals surface area contributed by atoms with Crippen molar-refractivity contribution < 1.29 is 14.7 Å². The minimum Gasteiger partial charge on any atom is -0.478 e. The minimum absolute atomic E-state index is 0.151. The maximum Gasteiger partial charge on any atom is 0.340 e. The topological polar surface area (TPSA) is 79.1 Å². The average molecular weight is 242 g/mol. The summed E-state index contributed by atoms with van der Waals surface area (Å²) >= 11 is 0. The average Bonchev–Trinajstić information content (AvgIpc) is 2.38. The Labute approximate surface area is 103 Å². The molecule has 0 bridgehead atoms. The molecule has 2 aliphatic heterocycles. The maximum absolute atomic E-state index is 12.0. The molecule has 0 amide bonds. The van der Waals surface area contributed by atoms with E-state index in [1.807, 2.05) is 12.2 Å². The third kappa shape index (κ3) is 1.48. The van der Waals surface area contributed by atoms with Crippen LogP contribution >= 0.6 is 0 Å². The summed E-state index contributed by atoms with van der Waals surface area (Å²) in [5, 5.41) is 8.91. The van der Waals surface area contributed by atoms with Crippen molar-refractivity contribution in [3.8, 4) is 0 Å². The molecule has 3 aliphatic rings. The monoisotopic (exact) mass is 242 g/mol. The number of carbonyl (C=O) groups excluding carboxylic acids is 1. The van der Waals surface area contributed by atoms with Crippen LogP contribution in [0.1, 0.15) is 6.42 Å². The van der Waals surface area contributed by atoms with Crippen molar-refractivity contribution in [3.63, 3.8) is 0 Å². The lowest BCUT2D eigenvalue weighted by molar-refractivity contribution is -0.134. The molecule has 5 nitrogen and oxygen atoms in total. The first kappa shape index (κ1) is 10.8. The number of aliphatic imine (C=N–C) groups is 2. The number of ketones is 1. The molecule has 0 aromatic rings. The molecule has 1 aliphatic carbocycles. The minimum atomic E-state index is -1.23. The van der Waals surface area contributed by atoms with E-state index in [1.54, 1.807) is 12.3 Å². The number of hydrogen-bond donors (Lipinski definition) is 1. The van der Waals surface area contributed by atoms with E-state index in [9.17, 15) is 9.59 Å². The quantitative estimate of drug-likeness (QED) is 0.553. The molecule has 2 atom stereocenters. The highest BCUT2D eigenvalue weighted by Crippen LogP contribution is 2.28. The Hall–Kier alpha value is -2.30. The molecule has 90 valence electrons. The van der Waals surface area contributed by atoms with Crippen molar-refractivity contribution in [2.75, 3.05) is 0 Å². The molecule has 18 heavy (non-hydrogen) atoms. The number of rotatable bonds is 1. The van der Waals surface area contributed by atoms with Crippen molar-refractivity contribution in [3.05, 3.63) is 36.2 Å². The Morgan fingerprint density at radius 3 is 2.89 bits per heavy atom. The highest BCUT2D eigenvalue weighted by atomic mass is 16.4. The summed E-state index contributed by atoms with van der Waals surface area (Å²) < 4.78 is 0. The van der Waals surface area contributed by atoms with Crippen molar-refractivity contribution >= 4 is 23.2 Å². The molecule has 0 aromatic heterocycles. The Morgan fingerprint density at radius 2 is 2.11 bits per heavy atom. The molecule has 0 spiro atoms. The summed E-state index contributed by atoms with van der Waals surface area (Å²) in [5.41, 5.74) is 1.10. The highest BCUT2D eigenvalue weighted by molar-refractivity contribution is 6.51. The molecule has 5 heteroatoms. The van der Waals surface area contributed by atoms with E-state index in [4.69, 9.17) is 5.11 Å². The van der Waals surface area contributed by atoms with E-state index >= 15 is 0 Å². The standard InChI is InChI=1S/C13H10N2O3/c16-12-8-4-3-7-2-1-5-14-10(7)11(8)15-6-9(12)13(17)18/h1,3-8H,2H2,(H,17,18)/t7-,8+/m0/s1. The van der Waals surface area contributed by atoms with Crippen LogP contribution in [0.3, 0.4) is 0 Å². The zero-order valence-corrected chi connectivity index (χ0v) is 9.41. The van der Waals surface area contributed by atoms with Gasteiger partial charge >= 0.3 is 5.97 Å². The van der Waals surface area contributed by atoms with Gasteiger partial charge < -0.3 is 5.11 Å². The van der Waals surface area contributed by atoms with E-state index in [0.717, 1.165) is 18.3 Å². The van der Waals surface area contributed by atoms with Crippen molar-refractivity contribution in [2.45, 2.75) is 6.42 Å². The zero-order chi connectivity index (χ0) is 12.7. The Morgan fingerprint density at radius 1 is 1.28 bits per heavy atom. The highest BCUT2D eigenvalue weighted by Gasteiger charge is 2.38. The van der Waals surface area contributed by atoms with Gasteiger partial charge in [0.2, 0.25) is 0 Å². The van der Waals surface area contributed by atoms with Gasteiger partial charge in [-0.1, -0.05) is 18.2 Å². The summed E-state index contributed by atoms with van der Waals surface area (Å²) in [6, 6.07) is 0. The number of nitrogens with zero attached hydrogens (tertiary/aromatic N) is 2. The van der Waals surface area contributed by atoms with Crippen LogP contribution in [0.5, 0.6) is 0 Å². The fourth-order valence-electron chi connectivity index (χ4n) is 2.35. The number of aliphatic carboxylic acids is 1. The van der Waals surface area contributed by atoms with Crippen molar-refractivity contribution in [1.82, 2.24) is 0 Å². The fourth-order valence-corrected chi connectivity index (χ4v) is 2.35. The zero-order valence-electron chi connectivity index (χ0n) is 9.41. The molecule has 3 rings (SSSR count). The van der Waals surface area contributed by atoms with Crippen LogP contribution in [0.15, 0.2) is 46.2 Å². The second-order valence-corrected chi connectivity index (χ2v) is 4.33. The number of carbonyl (C=O) groups is 2. The van der Waals surface area contributed by atoms with Gasteiger partial charge in [-0.3, -0.25) is 14.8 Å². The largest absolute Gasteiger partial charge is 0.478 e. The third-order valence-corrected chi connectivity index (χ3v) is 3.26. The molecule has 0 saturated carbocycles. The third-order valence-electron chi connectivity index (χ3n) is 3.26. The lowest BCUT2D eigenvalue weighted by atomic mass is 9.78. The van der Waals surface area contributed by atoms with Gasteiger partial charge in [-0.25, -0.2) is 4.79 Å².